The van der Waals surface area contributed by atoms with Crippen LogP contribution in [0.5, 0.6) is 11.5 Å². The molecular formula is C15H14ClFN2O2. The molecule has 0 fully saturated rings. The Morgan fingerprint density at radius 1 is 1.33 bits per heavy atom. The Labute approximate surface area is 126 Å². The number of anilines is 1. The summed E-state index contributed by atoms with van der Waals surface area (Å²) in [7, 11) is 0. The summed E-state index contributed by atoms with van der Waals surface area (Å²) in [5, 5.41) is 2.67. The van der Waals surface area contributed by atoms with E-state index in [1.54, 1.807) is 12.1 Å². The van der Waals surface area contributed by atoms with Crippen LogP contribution in [0.15, 0.2) is 36.4 Å². The topological polar surface area (TPSA) is 64.4 Å². The molecule has 0 saturated heterocycles. The van der Waals surface area contributed by atoms with Gasteiger partial charge in [-0.2, -0.15) is 0 Å². The average molecular weight is 309 g/mol. The summed E-state index contributed by atoms with van der Waals surface area (Å²) in [6.45, 7) is 2.29. The van der Waals surface area contributed by atoms with Gasteiger partial charge < -0.3 is 15.8 Å². The Hall–Kier alpha value is -2.27. The SMILES string of the molecule is CCNC(=O)c1ccc(N)cc1Oc1ccc(Cl)c(F)c1. The molecule has 0 aliphatic rings. The van der Waals surface area contributed by atoms with Crippen LogP contribution < -0.4 is 15.8 Å². The van der Waals surface area contributed by atoms with Gasteiger partial charge in [0.15, 0.2) is 0 Å². The molecule has 0 bridgehead atoms. The van der Waals surface area contributed by atoms with Gasteiger partial charge in [0.2, 0.25) is 0 Å². The molecule has 0 radical (unpaired) electrons. The van der Waals surface area contributed by atoms with Crippen molar-refractivity contribution >= 4 is 23.2 Å². The van der Waals surface area contributed by atoms with Gasteiger partial charge in [-0.3, -0.25) is 4.79 Å². The smallest absolute Gasteiger partial charge is 0.255 e. The first-order valence-electron chi connectivity index (χ1n) is 6.32. The molecule has 0 unspecified atom stereocenters. The Morgan fingerprint density at radius 3 is 2.76 bits per heavy atom. The number of amides is 1. The fourth-order valence-corrected chi connectivity index (χ4v) is 1.85. The van der Waals surface area contributed by atoms with E-state index in [4.69, 9.17) is 22.1 Å². The second kappa shape index (κ2) is 6.45. The molecule has 3 N–H and O–H groups in total. The minimum absolute atomic E-state index is 0.00104. The predicted molar refractivity (Wildman–Crippen MR) is 80.3 cm³/mol. The molecule has 21 heavy (non-hydrogen) atoms. The van der Waals surface area contributed by atoms with Crippen molar-refractivity contribution in [2.75, 3.05) is 12.3 Å². The van der Waals surface area contributed by atoms with Gasteiger partial charge in [-0.15, -0.1) is 0 Å². The number of nitrogens with one attached hydrogen (secondary N) is 1. The summed E-state index contributed by atoms with van der Waals surface area (Å²) in [5.74, 6) is -0.407. The predicted octanol–water partition coefficient (Wildman–Crippen LogP) is 3.60. The number of ether oxygens (including phenoxy) is 1. The molecule has 0 aliphatic carbocycles. The third-order valence-corrected chi connectivity index (χ3v) is 3.01. The Kier molecular flexibility index (Phi) is 4.65. The molecule has 2 rings (SSSR count). The number of nitrogen functional groups attached to an aromatic ring is 1. The lowest BCUT2D eigenvalue weighted by molar-refractivity contribution is 0.0953. The third kappa shape index (κ3) is 3.64. The highest BCUT2D eigenvalue weighted by molar-refractivity contribution is 6.30. The van der Waals surface area contributed by atoms with E-state index in [2.05, 4.69) is 5.32 Å². The summed E-state index contributed by atoms with van der Waals surface area (Å²) in [4.78, 5) is 12.0. The number of benzene rings is 2. The minimum Gasteiger partial charge on any atom is -0.456 e. The maximum absolute atomic E-state index is 13.4. The number of hydrogen-bond acceptors (Lipinski definition) is 3. The van der Waals surface area contributed by atoms with Crippen LogP contribution in [-0.4, -0.2) is 12.5 Å². The van der Waals surface area contributed by atoms with E-state index in [0.29, 0.717) is 17.8 Å². The van der Waals surface area contributed by atoms with Crippen LogP contribution in [0.25, 0.3) is 0 Å². The number of carbonyl (C=O) groups is 1. The summed E-state index contributed by atoms with van der Waals surface area (Å²) >= 11 is 5.62. The van der Waals surface area contributed by atoms with Crippen molar-refractivity contribution < 1.29 is 13.9 Å². The lowest BCUT2D eigenvalue weighted by atomic mass is 10.1. The van der Waals surface area contributed by atoms with Crippen LogP contribution in [0, 0.1) is 5.82 Å². The van der Waals surface area contributed by atoms with Crippen molar-refractivity contribution in [2.45, 2.75) is 6.92 Å². The van der Waals surface area contributed by atoms with Crippen LogP contribution >= 0.6 is 11.6 Å². The average Bonchev–Trinajstić information content (AvgIpc) is 2.43. The van der Waals surface area contributed by atoms with Gasteiger partial charge in [0, 0.05) is 24.4 Å². The Morgan fingerprint density at radius 2 is 2.10 bits per heavy atom. The first-order valence-corrected chi connectivity index (χ1v) is 6.69. The molecule has 1 amide bonds. The molecule has 6 heteroatoms. The van der Waals surface area contributed by atoms with E-state index in [1.807, 2.05) is 6.92 Å². The van der Waals surface area contributed by atoms with Crippen molar-refractivity contribution in [3.8, 4) is 11.5 Å². The van der Waals surface area contributed by atoms with Crippen LogP contribution in [0.3, 0.4) is 0 Å². The van der Waals surface area contributed by atoms with Crippen molar-refractivity contribution in [3.05, 3.63) is 52.8 Å². The Balaban J connectivity index is 2.35. The molecule has 0 aromatic heterocycles. The van der Waals surface area contributed by atoms with Crippen LogP contribution in [-0.2, 0) is 0 Å². The van der Waals surface area contributed by atoms with Crippen LogP contribution in [0.4, 0.5) is 10.1 Å². The zero-order valence-corrected chi connectivity index (χ0v) is 12.1. The van der Waals surface area contributed by atoms with Gasteiger partial charge in [-0.05, 0) is 31.2 Å². The van der Waals surface area contributed by atoms with Gasteiger partial charge >= 0.3 is 0 Å². The zero-order chi connectivity index (χ0) is 15.4. The summed E-state index contributed by atoms with van der Waals surface area (Å²) < 4.78 is 19.0. The highest BCUT2D eigenvalue weighted by Crippen LogP contribution is 2.29. The van der Waals surface area contributed by atoms with Gasteiger partial charge in [-0.1, -0.05) is 11.6 Å². The third-order valence-electron chi connectivity index (χ3n) is 2.71. The molecule has 4 nitrogen and oxygen atoms in total. The van der Waals surface area contributed by atoms with E-state index < -0.39 is 5.82 Å². The largest absolute Gasteiger partial charge is 0.456 e. The highest BCUT2D eigenvalue weighted by atomic mass is 35.5. The first kappa shape index (κ1) is 15.1. The molecule has 0 atom stereocenters. The molecule has 0 saturated carbocycles. The Bertz CT molecular complexity index is 677. The van der Waals surface area contributed by atoms with Crippen LogP contribution in [0.1, 0.15) is 17.3 Å². The van der Waals surface area contributed by atoms with E-state index in [0.717, 1.165) is 6.07 Å². The van der Waals surface area contributed by atoms with Gasteiger partial charge in [0.05, 0.1) is 10.6 Å². The number of hydrogen-bond donors (Lipinski definition) is 2. The fraction of sp³-hybridized carbons (Fsp3) is 0.133. The van der Waals surface area contributed by atoms with Gasteiger partial charge in [0.1, 0.15) is 17.3 Å². The highest BCUT2D eigenvalue weighted by Gasteiger charge is 2.13. The summed E-state index contributed by atoms with van der Waals surface area (Å²) in [6.07, 6.45) is 0. The van der Waals surface area contributed by atoms with Gasteiger partial charge in [-0.25, -0.2) is 4.39 Å². The van der Waals surface area contributed by atoms with E-state index in [-0.39, 0.29) is 22.4 Å². The van der Waals surface area contributed by atoms with Crippen molar-refractivity contribution in [1.29, 1.82) is 0 Å². The fourth-order valence-electron chi connectivity index (χ4n) is 1.73. The zero-order valence-electron chi connectivity index (χ0n) is 11.3. The molecule has 0 heterocycles. The molecule has 2 aromatic carbocycles. The normalized spacial score (nSPS) is 10.2. The number of halogens is 2. The van der Waals surface area contributed by atoms with Crippen molar-refractivity contribution in [1.82, 2.24) is 5.32 Å². The monoisotopic (exact) mass is 308 g/mol. The number of carbonyl (C=O) groups excluding carboxylic acids is 1. The number of rotatable bonds is 4. The standard InChI is InChI=1S/C15H14ClFN2O2/c1-2-19-15(20)11-5-3-9(18)7-14(11)21-10-4-6-12(16)13(17)8-10/h3-8H,2,18H2,1H3,(H,19,20). The molecule has 0 aliphatic heterocycles. The van der Waals surface area contributed by atoms with E-state index in [9.17, 15) is 9.18 Å². The summed E-state index contributed by atoms with van der Waals surface area (Å²) in [6, 6.07) is 8.70. The lowest BCUT2D eigenvalue weighted by Gasteiger charge is -2.12. The lowest BCUT2D eigenvalue weighted by Crippen LogP contribution is -2.23. The maximum Gasteiger partial charge on any atom is 0.255 e. The summed E-state index contributed by atoms with van der Waals surface area (Å²) in [5.41, 5.74) is 6.46. The number of nitrogens with two attached hydrogens (primary N) is 1. The maximum atomic E-state index is 13.4. The quantitative estimate of drug-likeness (QED) is 0.848. The van der Waals surface area contributed by atoms with Crippen molar-refractivity contribution in [2.24, 2.45) is 0 Å². The molecule has 2 aromatic rings. The van der Waals surface area contributed by atoms with Crippen LogP contribution in [0.2, 0.25) is 5.02 Å². The molecule has 110 valence electrons. The second-order valence-electron chi connectivity index (χ2n) is 4.29. The molecular weight excluding hydrogens is 295 g/mol. The minimum atomic E-state index is -0.599. The van der Waals surface area contributed by atoms with Crippen molar-refractivity contribution in [3.63, 3.8) is 0 Å². The second-order valence-corrected chi connectivity index (χ2v) is 4.70. The molecule has 0 spiro atoms. The van der Waals surface area contributed by atoms with E-state index in [1.165, 1.54) is 18.2 Å². The van der Waals surface area contributed by atoms with Gasteiger partial charge in [0.25, 0.3) is 5.91 Å². The first-order chi connectivity index (χ1) is 10.0. The van der Waals surface area contributed by atoms with E-state index >= 15 is 0 Å².